The second kappa shape index (κ2) is 7.10. The number of amides is 1. The second-order valence-corrected chi connectivity index (χ2v) is 4.50. The Morgan fingerprint density at radius 3 is 2.25 bits per heavy atom. The molecule has 0 radical (unpaired) electrons. The van der Waals surface area contributed by atoms with Gasteiger partial charge in [0.25, 0.3) is 0 Å². The quantitative estimate of drug-likeness (QED) is 0.902. The van der Waals surface area contributed by atoms with E-state index < -0.39 is 5.92 Å². The summed E-state index contributed by atoms with van der Waals surface area (Å²) in [6.45, 7) is 0.536. The van der Waals surface area contributed by atoms with E-state index in [4.69, 9.17) is 5.26 Å². The molecule has 0 aliphatic heterocycles. The summed E-state index contributed by atoms with van der Waals surface area (Å²) in [6.07, 6.45) is 0.763. The van der Waals surface area contributed by atoms with Gasteiger partial charge in [-0.1, -0.05) is 60.7 Å². The monoisotopic (exact) mass is 264 g/mol. The molecule has 2 aromatic rings. The van der Waals surface area contributed by atoms with Crippen molar-refractivity contribution in [1.82, 2.24) is 5.32 Å². The molecule has 0 aliphatic rings. The molecule has 1 atom stereocenters. The number of hydrogen-bond acceptors (Lipinski definition) is 2. The van der Waals surface area contributed by atoms with E-state index in [-0.39, 0.29) is 5.91 Å². The first-order valence-electron chi connectivity index (χ1n) is 6.57. The normalized spacial score (nSPS) is 11.3. The van der Waals surface area contributed by atoms with Crippen LogP contribution in [-0.2, 0) is 11.2 Å². The summed E-state index contributed by atoms with van der Waals surface area (Å²) in [5.74, 6) is -0.985. The minimum atomic E-state index is -0.744. The van der Waals surface area contributed by atoms with Crippen LogP contribution < -0.4 is 5.32 Å². The molecule has 0 saturated carbocycles. The fraction of sp³-hybridized carbons (Fsp3) is 0.176. The number of carbonyl (C=O) groups is 1. The van der Waals surface area contributed by atoms with Crippen molar-refractivity contribution in [3.63, 3.8) is 0 Å². The number of benzene rings is 2. The van der Waals surface area contributed by atoms with Gasteiger partial charge in [0.2, 0.25) is 5.91 Å². The van der Waals surface area contributed by atoms with Crippen molar-refractivity contribution < 1.29 is 4.79 Å². The zero-order valence-electron chi connectivity index (χ0n) is 11.1. The van der Waals surface area contributed by atoms with Crippen LogP contribution in [0.2, 0.25) is 0 Å². The molecule has 0 aromatic heterocycles. The lowest BCUT2D eigenvalue weighted by molar-refractivity contribution is -0.121. The Kier molecular flexibility index (Phi) is 4.91. The lowest BCUT2D eigenvalue weighted by Crippen LogP contribution is -2.30. The average molecular weight is 264 g/mol. The van der Waals surface area contributed by atoms with Crippen LogP contribution >= 0.6 is 0 Å². The van der Waals surface area contributed by atoms with Gasteiger partial charge in [0.05, 0.1) is 6.07 Å². The van der Waals surface area contributed by atoms with Gasteiger partial charge in [-0.25, -0.2) is 0 Å². The highest BCUT2D eigenvalue weighted by Gasteiger charge is 2.18. The van der Waals surface area contributed by atoms with Crippen molar-refractivity contribution in [2.45, 2.75) is 12.3 Å². The Hall–Kier alpha value is -2.60. The summed E-state index contributed by atoms with van der Waals surface area (Å²) >= 11 is 0. The van der Waals surface area contributed by atoms with Gasteiger partial charge < -0.3 is 5.32 Å². The molecule has 100 valence electrons. The van der Waals surface area contributed by atoms with Crippen LogP contribution in [0.3, 0.4) is 0 Å². The topological polar surface area (TPSA) is 52.9 Å². The highest BCUT2D eigenvalue weighted by atomic mass is 16.1. The molecule has 1 amide bonds. The van der Waals surface area contributed by atoms with E-state index in [1.54, 1.807) is 12.1 Å². The van der Waals surface area contributed by atoms with Crippen molar-refractivity contribution in [3.8, 4) is 6.07 Å². The molecule has 1 unspecified atom stereocenters. The predicted octanol–water partition coefficient (Wildman–Crippen LogP) is 2.65. The smallest absolute Gasteiger partial charge is 0.241 e. The number of rotatable bonds is 5. The number of nitrogens with zero attached hydrogens (tertiary/aromatic N) is 1. The average Bonchev–Trinajstić information content (AvgIpc) is 2.50. The standard InChI is InChI=1S/C17H16N2O/c18-13-16(15-9-5-2-6-10-15)17(20)19-12-11-14-7-3-1-4-8-14/h1-10,16H,11-12H2,(H,19,20). The van der Waals surface area contributed by atoms with E-state index in [0.717, 1.165) is 12.0 Å². The lowest BCUT2D eigenvalue weighted by atomic mass is 10.00. The summed E-state index contributed by atoms with van der Waals surface area (Å²) in [5, 5.41) is 12.0. The Morgan fingerprint density at radius 2 is 1.65 bits per heavy atom. The Morgan fingerprint density at radius 1 is 1.05 bits per heavy atom. The van der Waals surface area contributed by atoms with Crippen molar-refractivity contribution in [1.29, 1.82) is 5.26 Å². The number of hydrogen-bond donors (Lipinski definition) is 1. The molecule has 0 saturated heterocycles. The van der Waals surface area contributed by atoms with Crippen LogP contribution in [0.1, 0.15) is 17.0 Å². The summed E-state index contributed by atoms with van der Waals surface area (Å²) in [5.41, 5.74) is 1.90. The van der Waals surface area contributed by atoms with Crippen LogP contribution in [-0.4, -0.2) is 12.5 Å². The van der Waals surface area contributed by atoms with E-state index in [2.05, 4.69) is 11.4 Å². The molecule has 0 fully saturated rings. The maximum absolute atomic E-state index is 12.0. The van der Waals surface area contributed by atoms with Gasteiger partial charge in [-0.05, 0) is 17.5 Å². The van der Waals surface area contributed by atoms with Crippen LogP contribution in [0.4, 0.5) is 0 Å². The fourth-order valence-corrected chi connectivity index (χ4v) is 2.01. The third-order valence-electron chi connectivity index (χ3n) is 3.08. The molecule has 1 N–H and O–H groups in total. The van der Waals surface area contributed by atoms with E-state index in [1.165, 1.54) is 5.56 Å². The van der Waals surface area contributed by atoms with E-state index in [1.807, 2.05) is 48.5 Å². The van der Waals surface area contributed by atoms with Crippen molar-refractivity contribution in [2.24, 2.45) is 0 Å². The SMILES string of the molecule is N#CC(C(=O)NCCc1ccccc1)c1ccccc1. The van der Waals surface area contributed by atoms with Crippen LogP contribution in [0.15, 0.2) is 60.7 Å². The zero-order chi connectivity index (χ0) is 14.2. The van der Waals surface area contributed by atoms with E-state index >= 15 is 0 Å². The molecule has 0 aliphatic carbocycles. The molecule has 3 heteroatoms. The Balaban J connectivity index is 1.89. The second-order valence-electron chi connectivity index (χ2n) is 4.50. The van der Waals surface area contributed by atoms with Gasteiger partial charge >= 0.3 is 0 Å². The fourth-order valence-electron chi connectivity index (χ4n) is 2.01. The highest BCUT2D eigenvalue weighted by Crippen LogP contribution is 2.14. The first-order chi connectivity index (χ1) is 9.81. The van der Waals surface area contributed by atoms with Crippen molar-refractivity contribution in [3.05, 3.63) is 71.8 Å². The van der Waals surface area contributed by atoms with Crippen LogP contribution in [0, 0.1) is 11.3 Å². The maximum atomic E-state index is 12.0. The van der Waals surface area contributed by atoms with Crippen molar-refractivity contribution >= 4 is 5.91 Å². The molecular formula is C17H16N2O. The highest BCUT2D eigenvalue weighted by molar-refractivity contribution is 5.86. The summed E-state index contributed by atoms with van der Waals surface area (Å²) in [6, 6.07) is 21.1. The van der Waals surface area contributed by atoms with Gasteiger partial charge in [0.1, 0.15) is 5.92 Å². The summed E-state index contributed by atoms with van der Waals surface area (Å²) in [7, 11) is 0. The molecule has 0 bridgehead atoms. The third-order valence-corrected chi connectivity index (χ3v) is 3.08. The number of nitrogens with one attached hydrogen (secondary N) is 1. The number of carbonyl (C=O) groups excluding carboxylic acids is 1. The third kappa shape index (κ3) is 3.69. The Bertz CT molecular complexity index is 587. The summed E-state index contributed by atoms with van der Waals surface area (Å²) < 4.78 is 0. The molecule has 0 heterocycles. The summed E-state index contributed by atoms with van der Waals surface area (Å²) in [4.78, 5) is 12.0. The van der Waals surface area contributed by atoms with Gasteiger partial charge in [-0.2, -0.15) is 5.26 Å². The molecule has 0 spiro atoms. The van der Waals surface area contributed by atoms with Crippen LogP contribution in [0.25, 0.3) is 0 Å². The largest absolute Gasteiger partial charge is 0.354 e. The minimum absolute atomic E-state index is 0.241. The molecule has 20 heavy (non-hydrogen) atoms. The van der Waals surface area contributed by atoms with Crippen LogP contribution in [0.5, 0.6) is 0 Å². The first kappa shape index (κ1) is 13.8. The van der Waals surface area contributed by atoms with E-state index in [0.29, 0.717) is 6.54 Å². The van der Waals surface area contributed by atoms with E-state index in [9.17, 15) is 4.79 Å². The minimum Gasteiger partial charge on any atom is -0.354 e. The molecular weight excluding hydrogens is 248 g/mol. The van der Waals surface area contributed by atoms with Gasteiger partial charge in [-0.15, -0.1) is 0 Å². The van der Waals surface area contributed by atoms with Gasteiger partial charge in [-0.3, -0.25) is 4.79 Å². The lowest BCUT2D eigenvalue weighted by Gasteiger charge is -2.10. The predicted molar refractivity (Wildman–Crippen MR) is 78.0 cm³/mol. The maximum Gasteiger partial charge on any atom is 0.241 e. The Labute approximate surface area is 118 Å². The van der Waals surface area contributed by atoms with Gasteiger partial charge in [0.15, 0.2) is 0 Å². The van der Waals surface area contributed by atoms with Crippen molar-refractivity contribution in [2.75, 3.05) is 6.54 Å². The molecule has 2 aromatic carbocycles. The molecule has 2 rings (SSSR count). The molecule has 3 nitrogen and oxygen atoms in total. The first-order valence-corrected chi connectivity index (χ1v) is 6.57. The zero-order valence-corrected chi connectivity index (χ0v) is 11.1. The number of nitriles is 1. The van der Waals surface area contributed by atoms with Gasteiger partial charge in [0, 0.05) is 6.54 Å².